The van der Waals surface area contributed by atoms with Crippen LogP contribution in [0.5, 0.6) is 0 Å². The molecule has 1 aromatic heterocycles. The summed E-state index contributed by atoms with van der Waals surface area (Å²) in [7, 11) is -3.57. The van der Waals surface area contributed by atoms with Crippen LogP contribution in [0.3, 0.4) is 0 Å². The number of carbonyl (C=O) groups is 2. The highest BCUT2D eigenvalue weighted by Crippen LogP contribution is 2.28. The number of hydrogen-bond acceptors (Lipinski definition) is 6. The maximum Gasteiger partial charge on any atom is 0.356 e. The third-order valence-electron chi connectivity index (χ3n) is 3.79. The Labute approximate surface area is 149 Å². The summed E-state index contributed by atoms with van der Waals surface area (Å²) >= 11 is 0. The molecule has 1 aromatic carbocycles. The van der Waals surface area contributed by atoms with Gasteiger partial charge in [0.1, 0.15) is 5.69 Å². The lowest BCUT2D eigenvalue weighted by Gasteiger charge is -2.08. The molecule has 0 bridgehead atoms. The Kier molecular flexibility index (Phi) is 4.96. The van der Waals surface area contributed by atoms with Crippen LogP contribution in [0, 0.1) is 5.92 Å². The Hall–Kier alpha value is -2.85. The predicted molar refractivity (Wildman–Crippen MR) is 91.3 cm³/mol. The zero-order valence-electron chi connectivity index (χ0n) is 13.5. The molecule has 0 radical (unpaired) electrons. The zero-order chi connectivity index (χ0) is 18.7. The standard InChI is InChI=1S/C16H16N4O5S/c21-15(13-8-18-14(9-17-13)16(22)23)20-11-3-5-12(6-4-11)26(24,25)19-7-10-1-2-10/h3-6,8-10,19H,1-2,7H2,(H,20,21)(H,22,23). The highest BCUT2D eigenvalue weighted by atomic mass is 32.2. The molecule has 9 nitrogen and oxygen atoms in total. The Morgan fingerprint density at radius 2 is 1.69 bits per heavy atom. The summed E-state index contributed by atoms with van der Waals surface area (Å²) in [6, 6.07) is 5.71. The number of aromatic nitrogens is 2. The maximum absolute atomic E-state index is 12.1. The van der Waals surface area contributed by atoms with Crippen molar-refractivity contribution in [2.75, 3.05) is 11.9 Å². The molecule has 3 N–H and O–H groups in total. The summed E-state index contributed by atoms with van der Waals surface area (Å²) in [5, 5.41) is 11.3. The zero-order valence-corrected chi connectivity index (χ0v) is 14.4. The summed E-state index contributed by atoms with van der Waals surface area (Å²) in [6.07, 6.45) is 4.13. The first-order chi connectivity index (χ1) is 12.3. The van der Waals surface area contributed by atoms with E-state index in [4.69, 9.17) is 5.11 Å². The van der Waals surface area contributed by atoms with Gasteiger partial charge in [0.2, 0.25) is 10.0 Å². The van der Waals surface area contributed by atoms with Crippen LogP contribution < -0.4 is 10.0 Å². The molecule has 1 aliphatic rings. The van der Waals surface area contributed by atoms with Crippen LogP contribution in [0.25, 0.3) is 0 Å². The molecule has 26 heavy (non-hydrogen) atoms. The second-order valence-electron chi connectivity index (χ2n) is 5.87. The smallest absolute Gasteiger partial charge is 0.356 e. The summed E-state index contributed by atoms with van der Waals surface area (Å²) in [5.41, 5.74) is 0.0489. The third-order valence-corrected chi connectivity index (χ3v) is 5.22. The van der Waals surface area contributed by atoms with Crippen molar-refractivity contribution in [3.63, 3.8) is 0 Å². The normalized spacial score (nSPS) is 14.0. The second-order valence-corrected chi connectivity index (χ2v) is 7.63. The molecular weight excluding hydrogens is 360 g/mol. The van der Waals surface area contributed by atoms with E-state index in [0.717, 1.165) is 25.2 Å². The number of nitrogens with one attached hydrogen (secondary N) is 2. The van der Waals surface area contributed by atoms with E-state index in [9.17, 15) is 18.0 Å². The van der Waals surface area contributed by atoms with E-state index >= 15 is 0 Å². The minimum absolute atomic E-state index is 0.0576. The fraction of sp³-hybridized carbons (Fsp3) is 0.250. The third kappa shape index (κ3) is 4.41. The Morgan fingerprint density at radius 1 is 1.08 bits per heavy atom. The van der Waals surface area contributed by atoms with Crippen molar-refractivity contribution in [2.24, 2.45) is 5.92 Å². The molecule has 0 atom stereocenters. The number of anilines is 1. The molecule has 3 rings (SSSR count). The van der Waals surface area contributed by atoms with Gasteiger partial charge in [-0.15, -0.1) is 0 Å². The Morgan fingerprint density at radius 3 is 2.23 bits per heavy atom. The molecule has 1 aliphatic carbocycles. The van der Waals surface area contributed by atoms with Crippen LogP contribution >= 0.6 is 0 Å². The molecular formula is C16H16N4O5S. The average molecular weight is 376 g/mol. The number of carbonyl (C=O) groups excluding carboxylic acids is 1. The predicted octanol–water partition coefficient (Wildman–Crippen LogP) is 1.12. The molecule has 0 unspecified atom stereocenters. The number of nitrogens with zero attached hydrogens (tertiary/aromatic N) is 2. The van der Waals surface area contributed by atoms with Gasteiger partial charge in [0.25, 0.3) is 5.91 Å². The summed E-state index contributed by atoms with van der Waals surface area (Å²) in [6.45, 7) is 0.436. The van der Waals surface area contributed by atoms with Crippen LogP contribution in [-0.2, 0) is 10.0 Å². The molecule has 2 aromatic rings. The van der Waals surface area contributed by atoms with Gasteiger partial charge in [-0.2, -0.15) is 0 Å². The largest absolute Gasteiger partial charge is 0.476 e. The van der Waals surface area contributed by atoms with Crippen molar-refractivity contribution < 1.29 is 23.1 Å². The molecule has 0 saturated heterocycles. The van der Waals surface area contributed by atoms with Crippen molar-refractivity contribution in [1.29, 1.82) is 0 Å². The van der Waals surface area contributed by atoms with Crippen molar-refractivity contribution in [3.8, 4) is 0 Å². The number of amides is 1. The lowest BCUT2D eigenvalue weighted by atomic mass is 10.3. The first-order valence-electron chi connectivity index (χ1n) is 7.81. The SMILES string of the molecule is O=C(O)c1cnc(C(=O)Nc2ccc(S(=O)(=O)NCC3CC3)cc2)cn1. The molecule has 1 amide bonds. The monoisotopic (exact) mass is 376 g/mol. The van der Waals surface area contributed by atoms with E-state index in [1.54, 1.807) is 0 Å². The van der Waals surface area contributed by atoms with Crippen LogP contribution in [0.4, 0.5) is 5.69 Å². The summed E-state index contributed by atoms with van der Waals surface area (Å²) < 4.78 is 26.8. The lowest BCUT2D eigenvalue weighted by molar-refractivity contribution is 0.0689. The number of aromatic carboxylic acids is 1. The molecule has 0 aliphatic heterocycles. The summed E-state index contributed by atoms with van der Waals surface area (Å²) in [4.78, 5) is 30.3. The van der Waals surface area contributed by atoms with Crippen molar-refractivity contribution >= 4 is 27.6 Å². The number of carboxylic acids is 1. The van der Waals surface area contributed by atoms with E-state index in [1.165, 1.54) is 24.3 Å². The van der Waals surface area contributed by atoms with Gasteiger partial charge in [0.15, 0.2) is 5.69 Å². The van der Waals surface area contributed by atoms with Gasteiger partial charge in [-0.3, -0.25) is 4.79 Å². The molecule has 0 spiro atoms. The Bertz CT molecular complexity index is 922. The highest BCUT2D eigenvalue weighted by molar-refractivity contribution is 7.89. The molecule has 1 fully saturated rings. The van der Waals surface area contributed by atoms with Crippen LogP contribution in [0.1, 0.15) is 33.8 Å². The molecule has 1 saturated carbocycles. The van der Waals surface area contributed by atoms with E-state index in [2.05, 4.69) is 20.0 Å². The quantitative estimate of drug-likeness (QED) is 0.658. The van der Waals surface area contributed by atoms with Gasteiger partial charge < -0.3 is 10.4 Å². The van der Waals surface area contributed by atoms with Crippen molar-refractivity contribution in [1.82, 2.24) is 14.7 Å². The number of hydrogen-bond donors (Lipinski definition) is 3. The van der Waals surface area contributed by atoms with Gasteiger partial charge >= 0.3 is 5.97 Å². The van der Waals surface area contributed by atoms with E-state index in [-0.39, 0.29) is 16.3 Å². The Balaban J connectivity index is 1.64. The van der Waals surface area contributed by atoms with E-state index in [0.29, 0.717) is 18.2 Å². The summed E-state index contributed by atoms with van der Waals surface area (Å²) in [5.74, 6) is -1.40. The van der Waals surface area contributed by atoms with Gasteiger partial charge in [-0.25, -0.2) is 27.9 Å². The van der Waals surface area contributed by atoms with Crippen molar-refractivity contribution in [2.45, 2.75) is 17.7 Å². The van der Waals surface area contributed by atoms with E-state index < -0.39 is 21.9 Å². The maximum atomic E-state index is 12.1. The minimum Gasteiger partial charge on any atom is -0.476 e. The first-order valence-corrected chi connectivity index (χ1v) is 9.30. The van der Waals surface area contributed by atoms with Gasteiger partial charge in [0.05, 0.1) is 17.3 Å². The van der Waals surface area contributed by atoms with Gasteiger partial charge in [-0.05, 0) is 43.0 Å². The first kappa shape index (κ1) is 18.0. The molecule has 10 heteroatoms. The highest BCUT2D eigenvalue weighted by Gasteiger charge is 2.24. The van der Waals surface area contributed by atoms with Crippen LogP contribution in [0.15, 0.2) is 41.6 Å². The van der Waals surface area contributed by atoms with Crippen molar-refractivity contribution in [3.05, 3.63) is 48.0 Å². The van der Waals surface area contributed by atoms with Crippen LogP contribution in [-0.4, -0.2) is 41.9 Å². The lowest BCUT2D eigenvalue weighted by Crippen LogP contribution is -2.25. The fourth-order valence-electron chi connectivity index (χ4n) is 2.10. The average Bonchev–Trinajstić information content (AvgIpc) is 3.45. The molecule has 1 heterocycles. The number of rotatable bonds is 7. The number of sulfonamides is 1. The topological polar surface area (TPSA) is 138 Å². The van der Waals surface area contributed by atoms with Gasteiger partial charge in [-0.1, -0.05) is 0 Å². The fourth-order valence-corrected chi connectivity index (χ4v) is 3.22. The van der Waals surface area contributed by atoms with E-state index in [1.807, 2.05) is 0 Å². The second kappa shape index (κ2) is 7.18. The minimum atomic E-state index is -3.57. The molecule has 136 valence electrons. The number of benzene rings is 1. The van der Waals surface area contributed by atoms with Crippen LogP contribution in [0.2, 0.25) is 0 Å². The van der Waals surface area contributed by atoms with Gasteiger partial charge in [0, 0.05) is 12.2 Å². The number of carboxylic acid groups (broad SMARTS) is 1.